The van der Waals surface area contributed by atoms with Crippen LogP contribution >= 0.6 is 0 Å². The molecule has 0 bridgehead atoms. The van der Waals surface area contributed by atoms with Crippen LogP contribution in [0.5, 0.6) is 0 Å². The average Bonchev–Trinajstić information content (AvgIpc) is 2.70. The largest absolute Gasteiger partial charge is 0.420 e. The van der Waals surface area contributed by atoms with Gasteiger partial charge in [-0.25, -0.2) is 0 Å². The second kappa shape index (κ2) is 8.67. The fourth-order valence-corrected chi connectivity index (χ4v) is 6.50. The summed E-state index contributed by atoms with van der Waals surface area (Å²) in [6, 6.07) is 2.14. The number of nitriles is 1. The van der Waals surface area contributed by atoms with E-state index in [-0.39, 0.29) is 18.3 Å². The maximum atomic E-state index is 13.7. The summed E-state index contributed by atoms with van der Waals surface area (Å²) in [5.74, 6) is 1.29. The molecule has 0 heterocycles. The highest BCUT2D eigenvalue weighted by Gasteiger charge is 2.65. The van der Waals surface area contributed by atoms with E-state index in [0.29, 0.717) is 17.8 Å². The molecule has 6 atom stereocenters. The molecule has 1 N–H and O–H groups in total. The van der Waals surface area contributed by atoms with Gasteiger partial charge in [-0.15, -0.1) is 0 Å². The summed E-state index contributed by atoms with van der Waals surface area (Å²) in [7, 11) is 1.28. The number of rotatable bonds is 5. The minimum absolute atomic E-state index is 0.202. The molecule has 0 aromatic carbocycles. The Morgan fingerprint density at radius 1 is 1.40 bits per heavy atom. The lowest BCUT2D eigenvalue weighted by Gasteiger charge is -2.57. The summed E-state index contributed by atoms with van der Waals surface area (Å²) in [5.41, 5.74) is -1.25. The molecular formula is C24H34F3NO2. The van der Waals surface area contributed by atoms with Gasteiger partial charge in [-0.1, -0.05) is 43.9 Å². The summed E-state index contributed by atoms with van der Waals surface area (Å²) in [5, 5.41) is 19.5. The molecule has 2 saturated carbocycles. The molecular weight excluding hydrogens is 391 g/mol. The molecule has 2 unspecified atom stereocenters. The van der Waals surface area contributed by atoms with Crippen LogP contribution in [0.25, 0.3) is 0 Å². The summed E-state index contributed by atoms with van der Waals surface area (Å²) < 4.78 is 46.4. The highest BCUT2D eigenvalue weighted by atomic mass is 19.4. The first-order valence-corrected chi connectivity index (χ1v) is 11.2. The third-order valence-corrected chi connectivity index (χ3v) is 8.34. The molecule has 0 amide bonds. The van der Waals surface area contributed by atoms with Crippen molar-refractivity contribution in [3.05, 3.63) is 23.3 Å². The van der Waals surface area contributed by atoms with Gasteiger partial charge in [0.05, 0.1) is 12.2 Å². The van der Waals surface area contributed by atoms with E-state index in [9.17, 15) is 18.3 Å². The monoisotopic (exact) mass is 425 g/mol. The summed E-state index contributed by atoms with van der Waals surface area (Å²) in [4.78, 5) is 0. The van der Waals surface area contributed by atoms with Gasteiger partial charge in [0, 0.05) is 19.6 Å². The van der Waals surface area contributed by atoms with Crippen LogP contribution in [0.15, 0.2) is 23.3 Å². The normalized spacial score (nSPS) is 39.5. The zero-order valence-corrected chi connectivity index (χ0v) is 18.3. The first-order valence-electron chi connectivity index (χ1n) is 11.2. The minimum atomic E-state index is -4.72. The van der Waals surface area contributed by atoms with E-state index in [1.54, 1.807) is 6.08 Å². The number of hydrogen-bond acceptors (Lipinski definition) is 3. The Morgan fingerprint density at radius 3 is 2.73 bits per heavy atom. The number of ether oxygens (including phenoxy) is 1. The van der Waals surface area contributed by atoms with Crippen molar-refractivity contribution in [3.63, 3.8) is 0 Å². The van der Waals surface area contributed by atoms with Crippen LogP contribution in [0, 0.1) is 34.5 Å². The lowest BCUT2D eigenvalue weighted by atomic mass is 9.49. The third-order valence-electron chi connectivity index (χ3n) is 8.34. The number of allylic oxidation sites excluding steroid dienone is 3. The van der Waals surface area contributed by atoms with Gasteiger partial charge < -0.3 is 9.84 Å². The van der Waals surface area contributed by atoms with Gasteiger partial charge in [0.2, 0.25) is 0 Å². The van der Waals surface area contributed by atoms with Crippen LogP contribution in [-0.4, -0.2) is 30.1 Å². The number of nitrogens with zero attached hydrogens (tertiary/aromatic N) is 1. The van der Waals surface area contributed by atoms with Crippen LogP contribution in [0.2, 0.25) is 0 Å². The van der Waals surface area contributed by atoms with Gasteiger partial charge in [0.25, 0.3) is 0 Å². The molecule has 0 aromatic rings. The Hall–Kier alpha value is -1.32. The number of fused-ring (bicyclic) bond motifs is 3. The van der Waals surface area contributed by atoms with Crippen LogP contribution in [0.3, 0.4) is 0 Å². The summed E-state index contributed by atoms with van der Waals surface area (Å²) >= 11 is 0. The number of alkyl halides is 3. The van der Waals surface area contributed by atoms with Crippen molar-refractivity contribution in [1.82, 2.24) is 0 Å². The van der Waals surface area contributed by atoms with E-state index in [4.69, 9.17) is 10.00 Å². The minimum Gasteiger partial charge on any atom is -0.378 e. The maximum Gasteiger partial charge on any atom is 0.420 e. The fourth-order valence-electron chi connectivity index (χ4n) is 6.50. The number of methoxy groups -OCH3 is 1. The number of halogens is 3. The van der Waals surface area contributed by atoms with Crippen molar-refractivity contribution in [2.45, 2.75) is 89.5 Å². The number of hydrogen-bond donors (Lipinski definition) is 1. The van der Waals surface area contributed by atoms with Crippen LogP contribution in [0.4, 0.5) is 13.2 Å². The molecule has 3 aliphatic carbocycles. The maximum absolute atomic E-state index is 13.7. The van der Waals surface area contributed by atoms with E-state index < -0.39 is 17.9 Å². The number of aliphatic hydroxyl groups is 1. The zero-order chi connectivity index (χ0) is 22.2. The smallest absolute Gasteiger partial charge is 0.378 e. The molecule has 0 radical (unpaired) electrons. The van der Waals surface area contributed by atoms with E-state index in [1.165, 1.54) is 12.7 Å². The molecule has 0 aromatic heterocycles. The van der Waals surface area contributed by atoms with Crippen molar-refractivity contribution in [2.24, 2.45) is 23.2 Å². The predicted octanol–water partition coefficient (Wildman–Crippen LogP) is 6.10. The molecule has 30 heavy (non-hydrogen) atoms. The molecule has 3 nitrogen and oxygen atoms in total. The van der Waals surface area contributed by atoms with E-state index in [2.05, 4.69) is 19.9 Å². The molecule has 6 heteroatoms. The molecule has 0 aliphatic heterocycles. The first-order chi connectivity index (χ1) is 14.1. The fraction of sp³-hybridized carbons (Fsp3) is 0.792. The van der Waals surface area contributed by atoms with Gasteiger partial charge in [-0.3, -0.25) is 0 Å². The zero-order valence-electron chi connectivity index (χ0n) is 18.3. The Morgan fingerprint density at radius 2 is 2.13 bits per heavy atom. The topological polar surface area (TPSA) is 53.2 Å². The van der Waals surface area contributed by atoms with Gasteiger partial charge >= 0.3 is 6.18 Å². The van der Waals surface area contributed by atoms with E-state index in [0.717, 1.165) is 50.5 Å². The lowest BCUT2D eigenvalue weighted by molar-refractivity contribution is -0.305. The Bertz CT molecular complexity index is 738. The Balaban J connectivity index is 1.84. The van der Waals surface area contributed by atoms with Crippen LogP contribution in [-0.2, 0) is 4.74 Å². The van der Waals surface area contributed by atoms with E-state index in [1.807, 2.05) is 6.08 Å². The molecule has 2 fully saturated rings. The Labute approximate surface area is 178 Å². The van der Waals surface area contributed by atoms with Gasteiger partial charge in [-0.05, 0) is 61.7 Å². The van der Waals surface area contributed by atoms with Crippen molar-refractivity contribution in [3.8, 4) is 6.07 Å². The van der Waals surface area contributed by atoms with Gasteiger partial charge in [0.1, 0.15) is 0 Å². The first kappa shape index (κ1) is 23.3. The molecule has 0 spiro atoms. The van der Waals surface area contributed by atoms with E-state index >= 15 is 0 Å². The van der Waals surface area contributed by atoms with Gasteiger partial charge in [-0.2, -0.15) is 18.4 Å². The van der Waals surface area contributed by atoms with Crippen molar-refractivity contribution >= 4 is 0 Å². The molecule has 3 rings (SSSR count). The third kappa shape index (κ3) is 3.96. The van der Waals surface area contributed by atoms with Gasteiger partial charge in [0.15, 0.2) is 5.60 Å². The Kier molecular flexibility index (Phi) is 6.74. The lowest BCUT2D eigenvalue weighted by Crippen LogP contribution is -2.62. The standard InChI is InChI=1S/C24H34F3NO2/c1-4-16(12-13-28)8-9-17-6-5-7-20-19(17)11-10-18-14-23(29,24(25,26)27)21(30-3)15-22(18,20)2/h10,12,17,19-21,29H,4-9,11,14-15H2,1-3H3/b16-12+/t17-,19?,20-,21-,22?,23-/m0/s1. The highest BCUT2D eigenvalue weighted by molar-refractivity contribution is 5.29. The second-order valence-electron chi connectivity index (χ2n) is 9.70. The SMILES string of the molecule is CC/C(=C\C#N)CC[C@@H]1CCC[C@H]2C1CC=C1C[C@@](O)(C(F)(F)F)[C@@H](OC)CC12C. The quantitative estimate of drug-likeness (QED) is 0.428. The van der Waals surface area contributed by atoms with Crippen molar-refractivity contribution in [1.29, 1.82) is 5.26 Å². The predicted molar refractivity (Wildman–Crippen MR) is 109 cm³/mol. The summed E-state index contributed by atoms with van der Waals surface area (Å²) in [6.07, 6.45) is 4.36. The van der Waals surface area contributed by atoms with Crippen molar-refractivity contribution in [2.75, 3.05) is 7.11 Å². The second-order valence-corrected chi connectivity index (χ2v) is 9.70. The molecule has 3 aliphatic rings. The average molecular weight is 426 g/mol. The van der Waals surface area contributed by atoms with Crippen LogP contribution in [0.1, 0.15) is 71.6 Å². The van der Waals surface area contributed by atoms with Crippen molar-refractivity contribution < 1.29 is 23.0 Å². The molecule has 0 saturated heterocycles. The van der Waals surface area contributed by atoms with Crippen LogP contribution < -0.4 is 0 Å². The highest BCUT2D eigenvalue weighted by Crippen LogP contribution is 2.61. The summed E-state index contributed by atoms with van der Waals surface area (Å²) in [6.45, 7) is 4.16. The molecule has 168 valence electrons.